The molecule has 0 aliphatic carbocycles. The van der Waals surface area contributed by atoms with Crippen molar-refractivity contribution in [2.24, 2.45) is 0 Å². The van der Waals surface area contributed by atoms with Gasteiger partial charge in [-0.05, 0) is 66.4 Å². The Kier molecular flexibility index (Phi) is 5.20. The predicted molar refractivity (Wildman–Crippen MR) is 126 cm³/mol. The number of anilines is 1. The number of aromatic carboxylic acids is 1. The summed E-state index contributed by atoms with van der Waals surface area (Å²) in [5.74, 6) is -1.46. The van der Waals surface area contributed by atoms with Gasteiger partial charge in [0.05, 0.1) is 11.7 Å². The molecule has 0 aromatic heterocycles. The monoisotopic (exact) mass is 448 g/mol. The fourth-order valence-corrected chi connectivity index (χ4v) is 5.18. The van der Waals surface area contributed by atoms with E-state index in [-0.39, 0.29) is 6.10 Å². The summed E-state index contributed by atoms with van der Waals surface area (Å²) < 4.78 is 6.62. The third-order valence-corrected chi connectivity index (χ3v) is 6.92. The van der Waals surface area contributed by atoms with Gasteiger partial charge in [-0.15, -0.1) is 0 Å². The van der Waals surface area contributed by atoms with Crippen LogP contribution in [0.25, 0.3) is 11.1 Å². The van der Waals surface area contributed by atoms with Crippen LogP contribution in [0.3, 0.4) is 0 Å². The first-order chi connectivity index (χ1) is 15.4. The molecule has 0 saturated carbocycles. The number of benzene rings is 3. The Morgan fingerprint density at radius 1 is 1.09 bits per heavy atom. The zero-order valence-electron chi connectivity index (χ0n) is 18.1. The number of carbonyl (C=O) groups is 1. The normalized spacial score (nSPS) is 22.8. The van der Waals surface area contributed by atoms with Crippen molar-refractivity contribution >= 4 is 23.3 Å². The number of fused-ring (bicyclic) bond motifs is 1. The summed E-state index contributed by atoms with van der Waals surface area (Å²) in [5, 5.41) is 10.2. The van der Waals surface area contributed by atoms with Crippen molar-refractivity contribution < 1.29 is 14.6 Å². The maximum Gasteiger partial charge on any atom is 0.335 e. The topological polar surface area (TPSA) is 53.0 Å². The number of nitrogens with zero attached hydrogens (tertiary/aromatic N) is 2. The van der Waals surface area contributed by atoms with Gasteiger partial charge in [0.1, 0.15) is 0 Å². The maximum atomic E-state index is 11.6. The molecule has 0 spiro atoms. The molecule has 2 aliphatic rings. The molecule has 5 nitrogen and oxygen atoms in total. The van der Waals surface area contributed by atoms with Crippen LogP contribution < -0.4 is 4.90 Å². The number of rotatable bonds is 4. The highest BCUT2D eigenvalue weighted by Gasteiger charge is 2.51. The molecule has 2 saturated heterocycles. The summed E-state index contributed by atoms with van der Waals surface area (Å²) in [5.41, 5.74) is 5.16. The summed E-state index contributed by atoms with van der Waals surface area (Å²) in [6.45, 7) is 6.56. The van der Waals surface area contributed by atoms with E-state index in [0.717, 1.165) is 47.6 Å². The van der Waals surface area contributed by atoms with Crippen LogP contribution in [0, 0.1) is 6.92 Å². The largest absolute Gasteiger partial charge is 0.478 e. The molecule has 0 radical (unpaired) electrons. The number of carboxylic acids is 1. The van der Waals surface area contributed by atoms with Crippen molar-refractivity contribution in [2.75, 3.05) is 24.5 Å². The van der Waals surface area contributed by atoms with Gasteiger partial charge < -0.3 is 14.7 Å². The molecule has 2 fully saturated rings. The molecule has 3 aromatic rings. The molecule has 0 amide bonds. The van der Waals surface area contributed by atoms with Crippen molar-refractivity contribution in [1.82, 2.24) is 4.90 Å². The van der Waals surface area contributed by atoms with Gasteiger partial charge in [0.25, 0.3) is 0 Å². The molecule has 32 heavy (non-hydrogen) atoms. The third-order valence-electron chi connectivity index (χ3n) is 6.69. The van der Waals surface area contributed by atoms with Gasteiger partial charge in [-0.2, -0.15) is 0 Å². The van der Waals surface area contributed by atoms with Crippen LogP contribution in [-0.4, -0.2) is 41.5 Å². The van der Waals surface area contributed by atoms with E-state index in [1.807, 2.05) is 43.3 Å². The van der Waals surface area contributed by atoms with E-state index in [0.29, 0.717) is 10.6 Å². The molecule has 1 unspecified atom stereocenters. The first kappa shape index (κ1) is 21.0. The molecule has 1 N–H and O–H groups in total. The highest BCUT2D eigenvalue weighted by molar-refractivity contribution is 6.30. The highest BCUT2D eigenvalue weighted by atomic mass is 35.5. The molecule has 3 aromatic carbocycles. The van der Waals surface area contributed by atoms with E-state index >= 15 is 0 Å². The molecule has 2 atom stereocenters. The maximum absolute atomic E-state index is 11.6. The second kappa shape index (κ2) is 7.93. The van der Waals surface area contributed by atoms with E-state index in [2.05, 4.69) is 34.9 Å². The van der Waals surface area contributed by atoms with Crippen LogP contribution in [0.1, 0.15) is 34.5 Å². The van der Waals surface area contributed by atoms with Crippen LogP contribution in [0.15, 0.2) is 66.7 Å². The van der Waals surface area contributed by atoms with Crippen molar-refractivity contribution in [2.45, 2.75) is 25.8 Å². The van der Waals surface area contributed by atoms with E-state index < -0.39 is 11.8 Å². The lowest BCUT2D eigenvalue weighted by molar-refractivity contribution is -0.0691. The average molecular weight is 449 g/mol. The number of hydrogen-bond donors (Lipinski definition) is 1. The van der Waals surface area contributed by atoms with Crippen molar-refractivity contribution in [3.63, 3.8) is 0 Å². The van der Waals surface area contributed by atoms with Crippen LogP contribution in [0.5, 0.6) is 0 Å². The van der Waals surface area contributed by atoms with Crippen LogP contribution in [-0.2, 0) is 4.74 Å². The van der Waals surface area contributed by atoms with Crippen molar-refractivity contribution in [3.8, 4) is 11.1 Å². The van der Waals surface area contributed by atoms with Gasteiger partial charge in [-0.3, -0.25) is 4.90 Å². The smallest absolute Gasteiger partial charge is 0.335 e. The first-order valence-corrected chi connectivity index (χ1v) is 11.1. The fourth-order valence-electron chi connectivity index (χ4n) is 4.98. The summed E-state index contributed by atoms with van der Waals surface area (Å²) in [6.07, 6.45) is -0.0424. The quantitative estimate of drug-likeness (QED) is 0.564. The molecule has 5 rings (SSSR count). The number of ether oxygens (including phenoxy) is 1. The summed E-state index contributed by atoms with van der Waals surface area (Å²) in [7, 11) is 0. The molecular weight excluding hydrogens is 424 g/mol. The van der Waals surface area contributed by atoms with E-state index in [1.165, 1.54) is 0 Å². The minimum atomic E-state index is -0.908. The first-order valence-electron chi connectivity index (χ1n) is 10.8. The van der Waals surface area contributed by atoms with Crippen LogP contribution >= 0.6 is 11.6 Å². The van der Waals surface area contributed by atoms with Crippen molar-refractivity contribution in [1.29, 1.82) is 0 Å². The number of carboxylic acid groups (broad SMARTS) is 1. The minimum Gasteiger partial charge on any atom is -0.478 e. The van der Waals surface area contributed by atoms with E-state index in [4.69, 9.17) is 16.3 Å². The Labute approximate surface area is 192 Å². The highest BCUT2D eigenvalue weighted by Crippen LogP contribution is 2.44. The Morgan fingerprint density at radius 2 is 1.88 bits per heavy atom. The third kappa shape index (κ3) is 3.47. The van der Waals surface area contributed by atoms with Gasteiger partial charge >= 0.3 is 5.97 Å². The van der Waals surface area contributed by atoms with E-state index in [1.54, 1.807) is 12.1 Å². The second-order valence-corrected chi connectivity index (χ2v) is 8.96. The molecule has 0 bridgehead atoms. The number of hydrogen-bond acceptors (Lipinski definition) is 4. The SMILES string of the molecule is Cc1c(C(=O)O)cccc1-c1cccc(N2CCN3C[C@@H](c4cccc(Cl)c4)OC32C)c1. The molecule has 164 valence electrons. The zero-order chi connectivity index (χ0) is 22.5. The lowest BCUT2D eigenvalue weighted by atomic mass is 9.96. The Hall–Kier alpha value is -2.86. The standard InChI is InChI=1S/C26H25ClN2O3/c1-17-22(10-5-11-23(17)25(30)31)18-6-4-9-21(15-18)29-13-12-28-16-24(32-26(28,29)2)19-7-3-8-20(27)14-19/h3-11,14-15,24H,12-13,16H2,1-2H3,(H,30,31)/t24-,26?/m0/s1. The molecular formula is C26H25ClN2O3. The lowest BCUT2D eigenvalue weighted by Crippen LogP contribution is -2.48. The molecule has 2 heterocycles. The van der Waals surface area contributed by atoms with Gasteiger partial charge in [-0.1, -0.05) is 48.0 Å². The van der Waals surface area contributed by atoms with Gasteiger partial charge in [0.15, 0.2) is 5.85 Å². The second-order valence-electron chi connectivity index (χ2n) is 8.53. The van der Waals surface area contributed by atoms with Crippen LogP contribution in [0.4, 0.5) is 5.69 Å². The lowest BCUT2D eigenvalue weighted by Gasteiger charge is -2.36. The van der Waals surface area contributed by atoms with Gasteiger partial charge in [-0.25, -0.2) is 4.79 Å². The average Bonchev–Trinajstić information content (AvgIpc) is 3.27. The fraction of sp³-hybridized carbons (Fsp3) is 0.269. The minimum absolute atomic E-state index is 0.0424. The zero-order valence-corrected chi connectivity index (χ0v) is 18.8. The Bertz CT molecular complexity index is 1200. The number of halogens is 1. The van der Waals surface area contributed by atoms with Gasteiger partial charge in [0, 0.05) is 30.3 Å². The van der Waals surface area contributed by atoms with E-state index in [9.17, 15) is 9.90 Å². The van der Waals surface area contributed by atoms with Crippen molar-refractivity contribution in [3.05, 3.63) is 88.4 Å². The summed E-state index contributed by atoms with van der Waals surface area (Å²) in [4.78, 5) is 16.2. The van der Waals surface area contributed by atoms with Gasteiger partial charge in [0.2, 0.25) is 0 Å². The Balaban J connectivity index is 1.47. The summed E-state index contributed by atoms with van der Waals surface area (Å²) in [6, 6.07) is 21.5. The Morgan fingerprint density at radius 3 is 2.66 bits per heavy atom. The van der Waals surface area contributed by atoms with Crippen LogP contribution in [0.2, 0.25) is 5.02 Å². The molecule has 6 heteroatoms. The predicted octanol–water partition coefficient (Wildman–Crippen LogP) is 5.58. The summed E-state index contributed by atoms with van der Waals surface area (Å²) >= 11 is 6.21. The molecule has 2 aliphatic heterocycles.